The summed E-state index contributed by atoms with van der Waals surface area (Å²) >= 11 is 0. The second kappa shape index (κ2) is 4.31. The first-order valence-electron chi connectivity index (χ1n) is 5.65. The number of hydrogen-bond donors (Lipinski definition) is 3. The van der Waals surface area contributed by atoms with E-state index < -0.39 is 17.5 Å². The van der Waals surface area contributed by atoms with Crippen molar-refractivity contribution >= 4 is 12.0 Å². The summed E-state index contributed by atoms with van der Waals surface area (Å²) in [5.74, 6) is -0.948. The molecule has 92 valence electrons. The molecule has 1 rings (SSSR count). The van der Waals surface area contributed by atoms with Gasteiger partial charge in [-0.1, -0.05) is 13.3 Å². The summed E-state index contributed by atoms with van der Waals surface area (Å²) in [6.45, 7) is 5.90. The first-order valence-corrected chi connectivity index (χ1v) is 5.65. The Morgan fingerprint density at radius 1 is 1.38 bits per heavy atom. The standard InChI is InChI=1S/C11H20N2O3/c1-4-5-10(2,3)12-9(16)13-11(6-7-11)8(14)15/h4-7H2,1-3H3,(H,14,15)(H2,12,13,16). The Balaban J connectivity index is 2.45. The lowest BCUT2D eigenvalue weighted by Gasteiger charge is -2.26. The van der Waals surface area contributed by atoms with Crippen LogP contribution in [0.25, 0.3) is 0 Å². The van der Waals surface area contributed by atoms with Crippen molar-refractivity contribution in [1.82, 2.24) is 10.6 Å². The van der Waals surface area contributed by atoms with Gasteiger partial charge in [-0.25, -0.2) is 9.59 Å². The van der Waals surface area contributed by atoms with E-state index in [0.717, 1.165) is 12.8 Å². The fraction of sp³-hybridized carbons (Fsp3) is 0.818. The molecule has 0 spiro atoms. The molecule has 0 radical (unpaired) electrons. The van der Waals surface area contributed by atoms with Gasteiger partial charge in [0.2, 0.25) is 0 Å². The first kappa shape index (κ1) is 12.8. The zero-order valence-electron chi connectivity index (χ0n) is 10.1. The highest BCUT2D eigenvalue weighted by Crippen LogP contribution is 2.35. The molecule has 0 bridgehead atoms. The molecule has 16 heavy (non-hydrogen) atoms. The maximum Gasteiger partial charge on any atom is 0.329 e. The summed E-state index contributed by atoms with van der Waals surface area (Å²) in [6, 6.07) is -0.390. The molecule has 1 fully saturated rings. The second-order valence-electron chi connectivity index (χ2n) is 5.10. The fourth-order valence-electron chi connectivity index (χ4n) is 1.76. The fourth-order valence-corrected chi connectivity index (χ4v) is 1.76. The zero-order valence-corrected chi connectivity index (χ0v) is 10.1. The van der Waals surface area contributed by atoms with Crippen molar-refractivity contribution < 1.29 is 14.7 Å². The third-order valence-electron chi connectivity index (χ3n) is 2.84. The highest BCUT2D eigenvalue weighted by Gasteiger charge is 2.51. The Morgan fingerprint density at radius 3 is 2.31 bits per heavy atom. The number of carboxylic acids is 1. The van der Waals surface area contributed by atoms with Gasteiger partial charge in [-0.2, -0.15) is 0 Å². The highest BCUT2D eigenvalue weighted by molar-refractivity contribution is 5.89. The molecule has 0 aromatic heterocycles. The third kappa shape index (κ3) is 3.12. The topological polar surface area (TPSA) is 78.4 Å². The van der Waals surface area contributed by atoms with Crippen LogP contribution in [0.1, 0.15) is 46.5 Å². The van der Waals surface area contributed by atoms with Crippen molar-refractivity contribution in [3.8, 4) is 0 Å². The largest absolute Gasteiger partial charge is 0.480 e. The number of nitrogens with one attached hydrogen (secondary N) is 2. The van der Waals surface area contributed by atoms with E-state index >= 15 is 0 Å². The van der Waals surface area contributed by atoms with Gasteiger partial charge in [0.15, 0.2) is 0 Å². The predicted octanol–water partition coefficient (Wildman–Crippen LogP) is 1.48. The van der Waals surface area contributed by atoms with Gasteiger partial charge in [-0.3, -0.25) is 0 Å². The molecular formula is C11H20N2O3. The van der Waals surface area contributed by atoms with Crippen molar-refractivity contribution in [2.45, 2.75) is 57.5 Å². The molecule has 1 aliphatic rings. The Morgan fingerprint density at radius 2 is 1.94 bits per heavy atom. The molecule has 0 aromatic carbocycles. The summed E-state index contributed by atoms with van der Waals surface area (Å²) in [5.41, 5.74) is -1.31. The van der Waals surface area contributed by atoms with E-state index in [9.17, 15) is 9.59 Å². The number of urea groups is 1. The monoisotopic (exact) mass is 228 g/mol. The third-order valence-corrected chi connectivity index (χ3v) is 2.84. The van der Waals surface area contributed by atoms with E-state index in [1.165, 1.54) is 0 Å². The molecule has 0 aliphatic heterocycles. The van der Waals surface area contributed by atoms with Crippen LogP contribution in [0.4, 0.5) is 4.79 Å². The summed E-state index contributed by atoms with van der Waals surface area (Å²) in [7, 11) is 0. The minimum absolute atomic E-state index is 0.298. The van der Waals surface area contributed by atoms with Crippen LogP contribution in [0.15, 0.2) is 0 Å². The van der Waals surface area contributed by atoms with Crippen LogP contribution < -0.4 is 10.6 Å². The molecular weight excluding hydrogens is 208 g/mol. The van der Waals surface area contributed by atoms with Crippen LogP contribution in [0.2, 0.25) is 0 Å². The summed E-state index contributed by atoms with van der Waals surface area (Å²) in [5, 5.41) is 14.2. The van der Waals surface area contributed by atoms with Crippen LogP contribution in [0.5, 0.6) is 0 Å². The van der Waals surface area contributed by atoms with E-state index in [0.29, 0.717) is 12.8 Å². The van der Waals surface area contributed by atoms with Crippen LogP contribution in [0.3, 0.4) is 0 Å². The van der Waals surface area contributed by atoms with Gasteiger partial charge in [0.1, 0.15) is 5.54 Å². The molecule has 2 amide bonds. The van der Waals surface area contributed by atoms with Gasteiger partial charge in [-0.05, 0) is 33.1 Å². The molecule has 0 saturated heterocycles. The lowest BCUT2D eigenvalue weighted by molar-refractivity contribution is -0.140. The van der Waals surface area contributed by atoms with Crippen LogP contribution in [-0.4, -0.2) is 28.2 Å². The summed E-state index contributed by atoms with van der Waals surface area (Å²) in [6.07, 6.45) is 2.87. The number of hydrogen-bond acceptors (Lipinski definition) is 2. The number of carbonyl (C=O) groups is 2. The molecule has 1 aliphatic carbocycles. The van der Waals surface area contributed by atoms with Gasteiger partial charge < -0.3 is 15.7 Å². The Hall–Kier alpha value is -1.26. The van der Waals surface area contributed by atoms with E-state index in [1.807, 2.05) is 20.8 Å². The van der Waals surface area contributed by atoms with E-state index in [-0.39, 0.29) is 5.54 Å². The van der Waals surface area contributed by atoms with Gasteiger partial charge >= 0.3 is 12.0 Å². The number of rotatable bonds is 5. The van der Waals surface area contributed by atoms with Crippen LogP contribution in [0, 0.1) is 0 Å². The predicted molar refractivity (Wildman–Crippen MR) is 60.3 cm³/mol. The minimum Gasteiger partial charge on any atom is -0.480 e. The summed E-state index contributed by atoms with van der Waals surface area (Å²) < 4.78 is 0. The first-order chi connectivity index (χ1) is 7.31. The van der Waals surface area contributed by atoms with Gasteiger partial charge in [0, 0.05) is 5.54 Å². The smallest absolute Gasteiger partial charge is 0.329 e. The molecule has 0 unspecified atom stereocenters. The van der Waals surface area contributed by atoms with Crippen molar-refractivity contribution in [3.63, 3.8) is 0 Å². The Kier molecular flexibility index (Phi) is 3.45. The van der Waals surface area contributed by atoms with Gasteiger partial charge in [0.05, 0.1) is 0 Å². The van der Waals surface area contributed by atoms with Crippen LogP contribution in [-0.2, 0) is 4.79 Å². The molecule has 0 heterocycles. The van der Waals surface area contributed by atoms with Gasteiger partial charge in [-0.15, -0.1) is 0 Å². The maximum absolute atomic E-state index is 11.6. The quantitative estimate of drug-likeness (QED) is 0.667. The van der Waals surface area contributed by atoms with Crippen LogP contribution >= 0.6 is 0 Å². The van der Waals surface area contributed by atoms with Gasteiger partial charge in [0.25, 0.3) is 0 Å². The molecule has 5 heteroatoms. The Bertz CT molecular complexity index is 296. The SMILES string of the molecule is CCCC(C)(C)NC(=O)NC1(C(=O)O)CC1. The molecule has 1 saturated carbocycles. The minimum atomic E-state index is -1.01. The normalized spacial score (nSPS) is 17.7. The maximum atomic E-state index is 11.6. The molecule has 0 atom stereocenters. The number of carboxylic acid groups (broad SMARTS) is 1. The van der Waals surface area contributed by atoms with E-state index in [2.05, 4.69) is 10.6 Å². The number of amides is 2. The van der Waals surface area contributed by atoms with Crippen molar-refractivity contribution in [2.24, 2.45) is 0 Å². The number of carbonyl (C=O) groups excluding carboxylic acids is 1. The average Bonchev–Trinajstić information content (AvgIpc) is 2.83. The molecule has 0 aromatic rings. The second-order valence-corrected chi connectivity index (χ2v) is 5.10. The summed E-state index contributed by atoms with van der Waals surface area (Å²) in [4.78, 5) is 22.5. The number of aliphatic carboxylic acids is 1. The van der Waals surface area contributed by atoms with Crippen molar-refractivity contribution in [3.05, 3.63) is 0 Å². The zero-order chi connectivity index (χ0) is 12.4. The highest BCUT2D eigenvalue weighted by atomic mass is 16.4. The van der Waals surface area contributed by atoms with Crippen molar-refractivity contribution in [2.75, 3.05) is 0 Å². The molecule has 5 nitrogen and oxygen atoms in total. The van der Waals surface area contributed by atoms with Crippen molar-refractivity contribution in [1.29, 1.82) is 0 Å². The Labute approximate surface area is 95.6 Å². The average molecular weight is 228 g/mol. The molecule has 3 N–H and O–H groups in total. The lowest BCUT2D eigenvalue weighted by Crippen LogP contribution is -2.53. The lowest BCUT2D eigenvalue weighted by atomic mass is 9.99. The van der Waals surface area contributed by atoms with E-state index in [4.69, 9.17) is 5.11 Å². The van der Waals surface area contributed by atoms with E-state index in [1.54, 1.807) is 0 Å².